The third-order valence-electron chi connectivity index (χ3n) is 2.53. The third kappa shape index (κ3) is 5.33. The molecule has 1 rings (SSSR count). The van der Waals surface area contributed by atoms with Gasteiger partial charge in [-0.05, 0) is 38.1 Å². The second-order valence-corrected chi connectivity index (χ2v) is 6.50. The summed E-state index contributed by atoms with van der Waals surface area (Å²) in [7, 11) is -2.14. The first kappa shape index (κ1) is 17.4. The number of hydrogen-bond acceptors (Lipinski definition) is 5. The lowest BCUT2D eigenvalue weighted by Gasteiger charge is -2.15. The van der Waals surface area contributed by atoms with Gasteiger partial charge in [0.2, 0.25) is 10.0 Å². The molecule has 1 aromatic carbocycles. The lowest BCUT2D eigenvalue weighted by molar-refractivity contribution is -0.139. The van der Waals surface area contributed by atoms with Crippen LogP contribution in [-0.2, 0) is 19.6 Å². The van der Waals surface area contributed by atoms with Crippen molar-refractivity contribution in [1.29, 1.82) is 0 Å². The molecule has 1 aromatic rings. The number of nitrogens with one attached hydrogen (secondary N) is 2. The Bertz CT molecular complexity index is 569. The van der Waals surface area contributed by atoms with Crippen LogP contribution in [0.15, 0.2) is 29.2 Å². The van der Waals surface area contributed by atoms with Crippen molar-refractivity contribution in [3.63, 3.8) is 0 Å². The van der Waals surface area contributed by atoms with Gasteiger partial charge in [-0.2, -0.15) is 0 Å². The molecule has 0 radical (unpaired) electrons. The first-order chi connectivity index (χ1) is 9.76. The Hall–Kier alpha value is -1.64. The molecule has 0 saturated heterocycles. The molecule has 0 aliphatic heterocycles. The third-order valence-corrected chi connectivity index (χ3v) is 4.20. The number of hydrogen-bond donors (Lipinski definition) is 3. The molecule has 0 spiro atoms. The van der Waals surface area contributed by atoms with Gasteiger partial charge in [0.1, 0.15) is 6.04 Å². The van der Waals surface area contributed by atoms with Gasteiger partial charge in [-0.3, -0.25) is 0 Å². The molecule has 0 bridgehead atoms. The molecule has 1 atom stereocenters. The van der Waals surface area contributed by atoms with Crippen molar-refractivity contribution in [2.75, 3.05) is 19.0 Å². The van der Waals surface area contributed by atoms with Crippen LogP contribution in [-0.4, -0.2) is 45.3 Å². The van der Waals surface area contributed by atoms with E-state index in [-0.39, 0.29) is 17.5 Å². The highest BCUT2D eigenvalue weighted by atomic mass is 32.2. The van der Waals surface area contributed by atoms with E-state index in [1.807, 2.05) is 0 Å². The van der Waals surface area contributed by atoms with Crippen LogP contribution >= 0.6 is 0 Å². The Morgan fingerprint density at radius 1 is 1.29 bits per heavy atom. The van der Waals surface area contributed by atoms with Gasteiger partial charge in [0.25, 0.3) is 0 Å². The summed E-state index contributed by atoms with van der Waals surface area (Å²) < 4.78 is 31.2. The minimum Gasteiger partial charge on any atom is -0.480 e. The maximum atomic E-state index is 11.9. The number of carbonyl (C=O) groups is 1. The van der Waals surface area contributed by atoms with Gasteiger partial charge in [-0.25, -0.2) is 17.9 Å². The van der Waals surface area contributed by atoms with Crippen molar-refractivity contribution in [2.45, 2.75) is 30.8 Å². The van der Waals surface area contributed by atoms with E-state index in [1.165, 1.54) is 31.4 Å². The van der Waals surface area contributed by atoms with E-state index in [2.05, 4.69) is 10.0 Å². The number of benzene rings is 1. The summed E-state index contributed by atoms with van der Waals surface area (Å²) in [5.74, 6) is -1.05. The molecule has 8 heteroatoms. The number of anilines is 1. The zero-order valence-corrected chi connectivity index (χ0v) is 13.0. The van der Waals surface area contributed by atoms with Gasteiger partial charge in [0, 0.05) is 18.8 Å². The maximum absolute atomic E-state index is 11.9. The zero-order chi connectivity index (χ0) is 16.0. The Morgan fingerprint density at radius 3 is 2.29 bits per heavy atom. The van der Waals surface area contributed by atoms with Crippen LogP contribution < -0.4 is 10.0 Å². The first-order valence-electron chi connectivity index (χ1n) is 6.37. The summed E-state index contributed by atoms with van der Waals surface area (Å²) in [6, 6.07) is 4.76. The van der Waals surface area contributed by atoms with Crippen molar-refractivity contribution in [1.82, 2.24) is 4.72 Å². The number of carboxylic acid groups (broad SMARTS) is 1. The van der Waals surface area contributed by atoms with E-state index in [0.717, 1.165) is 0 Å². The second-order valence-electron chi connectivity index (χ2n) is 4.79. The Balaban J connectivity index is 2.85. The average molecular weight is 316 g/mol. The summed E-state index contributed by atoms with van der Waals surface area (Å²) in [5, 5.41) is 11.8. The summed E-state index contributed by atoms with van der Waals surface area (Å²) in [6.07, 6.45) is 0. The number of ether oxygens (including phenoxy) is 1. The van der Waals surface area contributed by atoms with Gasteiger partial charge in [-0.15, -0.1) is 0 Å². The van der Waals surface area contributed by atoms with Crippen LogP contribution in [0.2, 0.25) is 0 Å². The molecule has 0 aromatic heterocycles. The predicted molar refractivity (Wildman–Crippen MR) is 78.8 cm³/mol. The molecular weight excluding hydrogens is 296 g/mol. The highest BCUT2D eigenvalue weighted by Gasteiger charge is 2.18. The summed E-state index contributed by atoms with van der Waals surface area (Å²) >= 11 is 0. The van der Waals surface area contributed by atoms with E-state index >= 15 is 0 Å². The molecule has 7 nitrogen and oxygen atoms in total. The molecule has 1 unspecified atom stereocenters. The predicted octanol–water partition coefficient (Wildman–Crippen LogP) is 0.885. The quantitative estimate of drug-likeness (QED) is 0.658. The Labute approximate surface area is 124 Å². The molecule has 0 amide bonds. The monoisotopic (exact) mass is 316 g/mol. The Kier molecular flexibility index (Phi) is 6.13. The van der Waals surface area contributed by atoms with E-state index in [1.54, 1.807) is 13.8 Å². The van der Waals surface area contributed by atoms with Crippen LogP contribution in [0.1, 0.15) is 13.8 Å². The topological polar surface area (TPSA) is 105 Å². The van der Waals surface area contributed by atoms with Gasteiger partial charge >= 0.3 is 5.97 Å². The highest BCUT2D eigenvalue weighted by Crippen LogP contribution is 2.15. The number of methoxy groups -OCH3 is 1. The van der Waals surface area contributed by atoms with Crippen LogP contribution in [0.3, 0.4) is 0 Å². The largest absolute Gasteiger partial charge is 0.480 e. The summed E-state index contributed by atoms with van der Waals surface area (Å²) in [6.45, 7) is 3.47. The SMILES string of the molecule is COCC(Nc1ccc(S(=O)(=O)NC(C)C)cc1)C(=O)O. The smallest absolute Gasteiger partial charge is 0.328 e. The lowest BCUT2D eigenvalue weighted by Crippen LogP contribution is -2.33. The van der Waals surface area contributed by atoms with E-state index in [0.29, 0.717) is 5.69 Å². The fraction of sp³-hybridized carbons (Fsp3) is 0.462. The van der Waals surface area contributed by atoms with Crippen molar-refractivity contribution in [3.8, 4) is 0 Å². The second kappa shape index (κ2) is 7.39. The molecule has 118 valence electrons. The zero-order valence-electron chi connectivity index (χ0n) is 12.2. The minimum absolute atomic E-state index is 0.00425. The van der Waals surface area contributed by atoms with Gasteiger partial charge in [0.15, 0.2) is 0 Å². The summed E-state index contributed by atoms with van der Waals surface area (Å²) in [5.41, 5.74) is 0.503. The lowest BCUT2D eigenvalue weighted by atomic mass is 10.2. The molecule has 0 aliphatic carbocycles. The molecule has 3 N–H and O–H groups in total. The molecule has 0 aliphatic rings. The fourth-order valence-corrected chi connectivity index (χ4v) is 2.90. The van der Waals surface area contributed by atoms with Crippen LogP contribution in [0.25, 0.3) is 0 Å². The number of aliphatic carboxylic acids is 1. The molecule has 0 heterocycles. The van der Waals surface area contributed by atoms with Crippen LogP contribution in [0.4, 0.5) is 5.69 Å². The normalized spacial score (nSPS) is 13.1. The number of carboxylic acids is 1. The van der Waals surface area contributed by atoms with Crippen LogP contribution in [0.5, 0.6) is 0 Å². The number of rotatable bonds is 8. The van der Waals surface area contributed by atoms with Crippen LogP contribution in [0, 0.1) is 0 Å². The molecule has 0 saturated carbocycles. The van der Waals surface area contributed by atoms with Crippen molar-refractivity contribution < 1.29 is 23.1 Å². The standard InChI is InChI=1S/C13H20N2O5S/c1-9(2)15-21(18,19)11-6-4-10(5-7-11)14-12(8-20-3)13(16)17/h4-7,9,12,14-15H,8H2,1-3H3,(H,16,17). The van der Waals surface area contributed by atoms with E-state index in [4.69, 9.17) is 9.84 Å². The fourth-order valence-electron chi connectivity index (χ4n) is 1.65. The highest BCUT2D eigenvalue weighted by molar-refractivity contribution is 7.89. The van der Waals surface area contributed by atoms with Gasteiger partial charge in [-0.1, -0.05) is 0 Å². The minimum atomic E-state index is -3.55. The van der Waals surface area contributed by atoms with Gasteiger partial charge < -0.3 is 15.2 Å². The van der Waals surface area contributed by atoms with Crippen molar-refractivity contribution >= 4 is 21.7 Å². The first-order valence-corrected chi connectivity index (χ1v) is 7.85. The average Bonchev–Trinajstić information content (AvgIpc) is 2.37. The molecule has 21 heavy (non-hydrogen) atoms. The molecule has 0 fully saturated rings. The van der Waals surface area contributed by atoms with Crippen molar-refractivity contribution in [3.05, 3.63) is 24.3 Å². The summed E-state index contributed by atoms with van der Waals surface area (Å²) in [4.78, 5) is 11.1. The van der Waals surface area contributed by atoms with E-state index < -0.39 is 22.0 Å². The maximum Gasteiger partial charge on any atom is 0.328 e. The number of sulfonamides is 1. The Morgan fingerprint density at radius 2 is 1.86 bits per heavy atom. The van der Waals surface area contributed by atoms with Crippen molar-refractivity contribution in [2.24, 2.45) is 0 Å². The van der Waals surface area contributed by atoms with Gasteiger partial charge in [0.05, 0.1) is 11.5 Å². The molecular formula is C13H20N2O5S. The van der Waals surface area contributed by atoms with E-state index in [9.17, 15) is 13.2 Å².